The molecule has 5 heterocycles. The third-order valence-electron chi connectivity index (χ3n) is 5.35. The fraction of sp³-hybridized carbons (Fsp3) is 0.647. The topological polar surface area (TPSA) is 71.2 Å². The molecule has 3 saturated heterocycles. The SMILES string of the molecule is Cc1cc(N2CC3CC(C2)N3Cc2nnc(C3CC3)o2)nc(C)n1. The lowest BCUT2D eigenvalue weighted by molar-refractivity contribution is -0.0152. The van der Waals surface area contributed by atoms with E-state index in [4.69, 9.17) is 4.42 Å². The van der Waals surface area contributed by atoms with Gasteiger partial charge in [0.1, 0.15) is 11.6 Å². The number of aryl methyl sites for hydroxylation is 2. The van der Waals surface area contributed by atoms with Crippen LogP contribution in [0.3, 0.4) is 0 Å². The number of rotatable bonds is 4. The van der Waals surface area contributed by atoms with Crippen LogP contribution in [0.4, 0.5) is 5.82 Å². The van der Waals surface area contributed by atoms with Crippen molar-refractivity contribution in [1.29, 1.82) is 0 Å². The van der Waals surface area contributed by atoms with Crippen LogP contribution in [0.2, 0.25) is 0 Å². The molecule has 1 aliphatic carbocycles. The monoisotopic (exact) mass is 326 g/mol. The third kappa shape index (κ3) is 2.47. The normalized spacial score (nSPS) is 26.5. The van der Waals surface area contributed by atoms with E-state index in [0.717, 1.165) is 48.8 Å². The number of anilines is 1. The van der Waals surface area contributed by atoms with Crippen LogP contribution in [0.1, 0.15) is 48.5 Å². The maximum absolute atomic E-state index is 5.82. The Morgan fingerprint density at radius 1 is 1.12 bits per heavy atom. The van der Waals surface area contributed by atoms with E-state index in [0.29, 0.717) is 18.0 Å². The van der Waals surface area contributed by atoms with Crippen molar-refractivity contribution in [2.45, 2.75) is 57.7 Å². The van der Waals surface area contributed by atoms with E-state index >= 15 is 0 Å². The molecule has 4 aliphatic rings. The first-order chi connectivity index (χ1) is 11.7. The van der Waals surface area contributed by atoms with E-state index in [1.54, 1.807) is 0 Å². The lowest BCUT2D eigenvalue weighted by Crippen LogP contribution is -2.68. The zero-order valence-corrected chi connectivity index (χ0v) is 14.1. The Bertz CT molecular complexity index is 738. The Balaban J connectivity index is 1.26. The second-order valence-corrected chi connectivity index (χ2v) is 7.34. The van der Waals surface area contributed by atoms with Crippen molar-refractivity contribution in [2.75, 3.05) is 18.0 Å². The van der Waals surface area contributed by atoms with E-state index in [-0.39, 0.29) is 0 Å². The van der Waals surface area contributed by atoms with E-state index in [1.165, 1.54) is 19.3 Å². The van der Waals surface area contributed by atoms with Crippen molar-refractivity contribution in [3.05, 3.63) is 29.4 Å². The summed E-state index contributed by atoms with van der Waals surface area (Å²) in [5.74, 6) is 4.04. The van der Waals surface area contributed by atoms with E-state index in [2.05, 4.69) is 36.0 Å². The number of nitrogens with zero attached hydrogens (tertiary/aromatic N) is 6. The highest BCUT2D eigenvalue weighted by atomic mass is 16.4. The molecular formula is C17H22N6O. The molecule has 7 nitrogen and oxygen atoms in total. The van der Waals surface area contributed by atoms with Gasteiger partial charge in [0.15, 0.2) is 0 Å². The molecule has 0 amide bonds. The van der Waals surface area contributed by atoms with Gasteiger partial charge in [-0.1, -0.05) is 0 Å². The maximum atomic E-state index is 5.82. The molecule has 126 valence electrons. The standard InChI is InChI=1S/C17H22N6O/c1-10-5-15(19-11(2)18-10)22-7-13-6-14(8-22)23(13)9-16-20-21-17(24-16)12-3-4-12/h5,12-14H,3-4,6-9H2,1-2H3. The molecule has 1 saturated carbocycles. The Labute approximate surface area is 141 Å². The summed E-state index contributed by atoms with van der Waals surface area (Å²) in [6, 6.07) is 3.19. The van der Waals surface area contributed by atoms with Crippen LogP contribution in [0.25, 0.3) is 0 Å². The van der Waals surface area contributed by atoms with E-state index < -0.39 is 0 Å². The predicted molar refractivity (Wildman–Crippen MR) is 87.7 cm³/mol. The Kier molecular flexibility index (Phi) is 3.13. The van der Waals surface area contributed by atoms with Gasteiger partial charge in [-0.3, -0.25) is 4.90 Å². The first-order valence-electron chi connectivity index (χ1n) is 8.81. The van der Waals surface area contributed by atoms with E-state index in [1.807, 2.05) is 13.8 Å². The Morgan fingerprint density at radius 2 is 1.92 bits per heavy atom. The van der Waals surface area contributed by atoms with Crippen LogP contribution >= 0.6 is 0 Å². The molecule has 2 unspecified atom stereocenters. The molecule has 6 rings (SSSR count). The zero-order valence-electron chi connectivity index (χ0n) is 14.1. The predicted octanol–water partition coefficient (Wildman–Crippen LogP) is 1.82. The summed E-state index contributed by atoms with van der Waals surface area (Å²) in [6.07, 6.45) is 3.65. The van der Waals surface area contributed by atoms with Crippen LogP contribution in [-0.4, -0.2) is 50.2 Å². The second-order valence-electron chi connectivity index (χ2n) is 7.34. The first-order valence-corrected chi connectivity index (χ1v) is 8.81. The lowest BCUT2D eigenvalue weighted by atomic mass is 9.87. The minimum Gasteiger partial charge on any atom is -0.424 e. The van der Waals surface area contributed by atoms with Gasteiger partial charge in [-0.05, 0) is 33.1 Å². The summed E-state index contributed by atoms with van der Waals surface area (Å²) >= 11 is 0. The van der Waals surface area contributed by atoms with E-state index in [9.17, 15) is 0 Å². The number of aromatic nitrogens is 4. The van der Waals surface area contributed by atoms with Crippen molar-refractivity contribution in [1.82, 2.24) is 25.1 Å². The quantitative estimate of drug-likeness (QED) is 0.848. The van der Waals surface area contributed by atoms with Gasteiger partial charge >= 0.3 is 0 Å². The molecule has 2 aromatic heterocycles. The van der Waals surface area contributed by atoms with Crippen molar-refractivity contribution in [3.63, 3.8) is 0 Å². The van der Waals surface area contributed by atoms with Gasteiger partial charge in [0.25, 0.3) is 0 Å². The molecule has 4 fully saturated rings. The largest absolute Gasteiger partial charge is 0.424 e. The summed E-state index contributed by atoms with van der Waals surface area (Å²) in [7, 11) is 0. The van der Waals surface area contributed by atoms with Crippen LogP contribution in [-0.2, 0) is 6.54 Å². The summed E-state index contributed by atoms with van der Waals surface area (Å²) in [5.41, 5.74) is 1.03. The van der Waals surface area contributed by atoms with Gasteiger partial charge in [-0.25, -0.2) is 9.97 Å². The average Bonchev–Trinajstić information content (AvgIpc) is 3.31. The number of fused-ring (bicyclic) bond motifs is 2. The van der Waals surface area contributed by atoms with Gasteiger partial charge in [-0.2, -0.15) is 0 Å². The fourth-order valence-electron chi connectivity index (χ4n) is 3.97. The maximum Gasteiger partial charge on any atom is 0.230 e. The highest BCUT2D eigenvalue weighted by molar-refractivity contribution is 5.42. The van der Waals surface area contributed by atoms with Crippen molar-refractivity contribution in [2.24, 2.45) is 0 Å². The highest BCUT2D eigenvalue weighted by Gasteiger charge is 2.45. The highest BCUT2D eigenvalue weighted by Crippen LogP contribution is 2.40. The number of hydrogen-bond donors (Lipinski definition) is 0. The molecule has 24 heavy (non-hydrogen) atoms. The Hall–Kier alpha value is -2.02. The third-order valence-corrected chi connectivity index (χ3v) is 5.35. The molecular weight excluding hydrogens is 304 g/mol. The smallest absolute Gasteiger partial charge is 0.230 e. The second kappa shape index (κ2) is 5.24. The summed E-state index contributed by atoms with van der Waals surface area (Å²) < 4.78 is 5.82. The minimum absolute atomic E-state index is 0.530. The molecule has 7 heteroatoms. The van der Waals surface area contributed by atoms with Crippen LogP contribution in [0.15, 0.2) is 10.5 Å². The van der Waals surface area contributed by atoms with Gasteiger partial charge in [0.2, 0.25) is 11.8 Å². The van der Waals surface area contributed by atoms with Crippen LogP contribution < -0.4 is 4.90 Å². The molecule has 0 N–H and O–H groups in total. The summed E-state index contributed by atoms with van der Waals surface area (Å²) in [4.78, 5) is 13.9. The lowest BCUT2D eigenvalue weighted by Gasteiger charge is -2.56. The van der Waals surface area contributed by atoms with Gasteiger partial charge < -0.3 is 9.32 Å². The van der Waals surface area contributed by atoms with Gasteiger partial charge in [0, 0.05) is 42.9 Å². The number of piperazine rings is 1. The summed E-state index contributed by atoms with van der Waals surface area (Å²) in [5, 5.41) is 8.43. The molecule has 0 radical (unpaired) electrons. The minimum atomic E-state index is 0.530. The van der Waals surface area contributed by atoms with Crippen LogP contribution in [0.5, 0.6) is 0 Å². The molecule has 2 atom stereocenters. The zero-order chi connectivity index (χ0) is 16.3. The van der Waals surface area contributed by atoms with Crippen molar-refractivity contribution < 1.29 is 4.42 Å². The number of piperidine rings is 1. The Morgan fingerprint density at radius 3 is 2.62 bits per heavy atom. The van der Waals surface area contributed by atoms with Gasteiger partial charge in [-0.15, -0.1) is 10.2 Å². The molecule has 2 bridgehead atoms. The van der Waals surface area contributed by atoms with Crippen molar-refractivity contribution >= 4 is 5.82 Å². The first kappa shape index (κ1) is 14.3. The van der Waals surface area contributed by atoms with Crippen molar-refractivity contribution in [3.8, 4) is 0 Å². The molecule has 0 spiro atoms. The van der Waals surface area contributed by atoms with Crippen LogP contribution in [0, 0.1) is 13.8 Å². The summed E-state index contributed by atoms with van der Waals surface area (Å²) in [6.45, 7) is 6.79. The molecule has 3 aliphatic heterocycles. The number of hydrogen-bond acceptors (Lipinski definition) is 7. The molecule has 2 aromatic rings. The van der Waals surface area contributed by atoms with Gasteiger partial charge in [0.05, 0.1) is 6.54 Å². The molecule has 0 aromatic carbocycles. The fourth-order valence-corrected chi connectivity index (χ4v) is 3.97. The average molecular weight is 326 g/mol.